The Labute approximate surface area is 124 Å². The van der Waals surface area contributed by atoms with Crippen LogP contribution >= 0.6 is 11.6 Å². The summed E-state index contributed by atoms with van der Waals surface area (Å²) in [7, 11) is 0. The highest BCUT2D eigenvalue weighted by atomic mass is 35.5. The Kier molecular flexibility index (Phi) is 4.34. The average molecular weight is 293 g/mol. The van der Waals surface area contributed by atoms with Crippen molar-refractivity contribution in [3.05, 3.63) is 59.4 Å². The van der Waals surface area contributed by atoms with Gasteiger partial charge in [0, 0.05) is 5.88 Å². The predicted octanol–water partition coefficient (Wildman–Crippen LogP) is 5.65. The third-order valence-corrected chi connectivity index (χ3v) is 3.41. The fraction of sp³-hybridized carbons (Fsp3) is 0.294. The maximum Gasteiger partial charge on any atom is 0.166 e. The fourth-order valence-corrected chi connectivity index (χ4v) is 2.03. The van der Waals surface area contributed by atoms with E-state index >= 15 is 0 Å². The van der Waals surface area contributed by atoms with Crippen molar-refractivity contribution >= 4 is 11.6 Å². The molecule has 0 radical (unpaired) electrons. The van der Waals surface area contributed by atoms with E-state index in [0.29, 0.717) is 5.75 Å². The summed E-state index contributed by atoms with van der Waals surface area (Å²) in [5, 5.41) is 0. The van der Waals surface area contributed by atoms with Crippen LogP contribution < -0.4 is 4.74 Å². The van der Waals surface area contributed by atoms with Gasteiger partial charge in [-0.2, -0.15) is 0 Å². The Morgan fingerprint density at radius 1 is 1.05 bits per heavy atom. The smallest absolute Gasteiger partial charge is 0.166 e. The molecule has 0 N–H and O–H groups in total. The topological polar surface area (TPSA) is 9.23 Å². The molecule has 3 heteroatoms. The van der Waals surface area contributed by atoms with Crippen LogP contribution in [0.25, 0.3) is 0 Å². The molecule has 0 spiro atoms. The maximum absolute atomic E-state index is 13.8. The zero-order valence-electron chi connectivity index (χ0n) is 11.9. The number of hydrogen-bond donors (Lipinski definition) is 0. The van der Waals surface area contributed by atoms with Crippen molar-refractivity contribution in [3.63, 3.8) is 0 Å². The van der Waals surface area contributed by atoms with Gasteiger partial charge in [0.2, 0.25) is 0 Å². The summed E-state index contributed by atoms with van der Waals surface area (Å²) in [6, 6.07) is 12.5. The normalized spacial score (nSPS) is 11.4. The van der Waals surface area contributed by atoms with Crippen molar-refractivity contribution in [1.29, 1.82) is 0 Å². The van der Waals surface area contributed by atoms with Crippen molar-refractivity contribution in [2.24, 2.45) is 0 Å². The highest BCUT2D eigenvalue weighted by Crippen LogP contribution is 2.28. The molecule has 0 saturated carbocycles. The third kappa shape index (κ3) is 3.51. The molecule has 106 valence electrons. The Bertz CT molecular complexity index is 585. The van der Waals surface area contributed by atoms with Crippen molar-refractivity contribution in [1.82, 2.24) is 0 Å². The molecule has 2 aromatic carbocycles. The van der Waals surface area contributed by atoms with E-state index in [4.69, 9.17) is 16.3 Å². The first-order valence-corrected chi connectivity index (χ1v) is 7.06. The van der Waals surface area contributed by atoms with Crippen LogP contribution in [0.2, 0.25) is 0 Å². The Morgan fingerprint density at radius 2 is 1.70 bits per heavy atom. The fourth-order valence-electron chi connectivity index (χ4n) is 1.86. The molecule has 1 nitrogen and oxygen atoms in total. The van der Waals surface area contributed by atoms with E-state index < -0.39 is 5.82 Å². The summed E-state index contributed by atoms with van der Waals surface area (Å²) in [6.07, 6.45) is 0. The third-order valence-electron chi connectivity index (χ3n) is 3.10. The maximum atomic E-state index is 13.8. The van der Waals surface area contributed by atoms with Gasteiger partial charge in [-0.3, -0.25) is 0 Å². The second-order valence-electron chi connectivity index (χ2n) is 5.77. The van der Waals surface area contributed by atoms with Crippen LogP contribution in [0.5, 0.6) is 11.5 Å². The molecule has 0 aliphatic heterocycles. The monoisotopic (exact) mass is 292 g/mol. The lowest BCUT2D eigenvalue weighted by Crippen LogP contribution is -2.10. The number of hydrogen-bond acceptors (Lipinski definition) is 1. The molecule has 0 aliphatic carbocycles. The summed E-state index contributed by atoms with van der Waals surface area (Å²) in [5.41, 5.74) is 2.04. The summed E-state index contributed by atoms with van der Waals surface area (Å²) in [4.78, 5) is 0. The van der Waals surface area contributed by atoms with Gasteiger partial charge >= 0.3 is 0 Å². The van der Waals surface area contributed by atoms with Gasteiger partial charge in [-0.25, -0.2) is 4.39 Å². The van der Waals surface area contributed by atoms with Gasteiger partial charge in [-0.15, -0.1) is 11.6 Å². The molecule has 0 aliphatic rings. The highest BCUT2D eigenvalue weighted by Gasteiger charge is 2.13. The Morgan fingerprint density at radius 3 is 2.20 bits per heavy atom. The molecule has 2 rings (SSSR count). The first-order chi connectivity index (χ1) is 9.40. The van der Waals surface area contributed by atoms with Crippen LogP contribution in [0.3, 0.4) is 0 Å². The Balaban J connectivity index is 2.18. The van der Waals surface area contributed by atoms with Gasteiger partial charge in [0.05, 0.1) is 0 Å². The van der Waals surface area contributed by atoms with Crippen molar-refractivity contribution in [2.45, 2.75) is 32.1 Å². The van der Waals surface area contributed by atoms with E-state index in [0.717, 1.165) is 5.56 Å². The van der Waals surface area contributed by atoms with E-state index in [-0.39, 0.29) is 17.0 Å². The SMILES string of the molecule is CC(C)(C)c1ccc(Oc2ccc(CCl)cc2F)cc1. The summed E-state index contributed by atoms with van der Waals surface area (Å²) >= 11 is 5.66. The standard InChI is InChI=1S/C17H18ClFO/c1-17(2,3)13-5-7-14(8-6-13)20-16-9-4-12(11-18)10-15(16)19/h4-10H,11H2,1-3H3. The van der Waals surface area contributed by atoms with E-state index in [1.807, 2.05) is 24.3 Å². The molecule has 0 atom stereocenters. The van der Waals surface area contributed by atoms with Crippen LogP contribution in [-0.4, -0.2) is 0 Å². The minimum atomic E-state index is -0.400. The zero-order chi connectivity index (χ0) is 14.8. The number of alkyl halides is 1. The summed E-state index contributed by atoms with van der Waals surface area (Å²) in [5.74, 6) is 0.721. The molecule has 0 amide bonds. The van der Waals surface area contributed by atoms with E-state index in [1.54, 1.807) is 12.1 Å². The average Bonchev–Trinajstić information content (AvgIpc) is 2.40. The highest BCUT2D eigenvalue weighted by molar-refractivity contribution is 6.17. The van der Waals surface area contributed by atoms with E-state index in [2.05, 4.69) is 20.8 Å². The number of rotatable bonds is 3. The molecule has 0 unspecified atom stereocenters. The first kappa shape index (κ1) is 14.9. The zero-order valence-corrected chi connectivity index (χ0v) is 12.7. The minimum Gasteiger partial charge on any atom is -0.454 e. The van der Waals surface area contributed by atoms with E-state index in [9.17, 15) is 4.39 Å². The largest absolute Gasteiger partial charge is 0.454 e. The number of benzene rings is 2. The molecule has 0 saturated heterocycles. The lowest BCUT2D eigenvalue weighted by Gasteiger charge is -2.19. The van der Waals surface area contributed by atoms with E-state index in [1.165, 1.54) is 11.6 Å². The lowest BCUT2D eigenvalue weighted by atomic mass is 9.87. The van der Waals surface area contributed by atoms with Gasteiger partial charge < -0.3 is 4.74 Å². The van der Waals surface area contributed by atoms with Crippen LogP contribution in [0, 0.1) is 5.82 Å². The van der Waals surface area contributed by atoms with Crippen molar-refractivity contribution in [3.8, 4) is 11.5 Å². The lowest BCUT2D eigenvalue weighted by molar-refractivity contribution is 0.441. The minimum absolute atomic E-state index is 0.0891. The van der Waals surface area contributed by atoms with Crippen molar-refractivity contribution < 1.29 is 9.13 Å². The second kappa shape index (κ2) is 5.84. The van der Waals surface area contributed by atoms with Gasteiger partial charge in [-0.05, 0) is 40.8 Å². The molecule has 0 aromatic heterocycles. The first-order valence-electron chi connectivity index (χ1n) is 6.53. The number of halogens is 2. The van der Waals surface area contributed by atoms with Crippen molar-refractivity contribution in [2.75, 3.05) is 0 Å². The summed E-state index contributed by atoms with van der Waals surface area (Å²) < 4.78 is 19.4. The number of ether oxygens (including phenoxy) is 1. The molecule has 2 aromatic rings. The predicted molar refractivity (Wildman–Crippen MR) is 81.2 cm³/mol. The molecule has 0 heterocycles. The quantitative estimate of drug-likeness (QED) is 0.664. The van der Waals surface area contributed by atoms with Crippen LogP contribution in [-0.2, 0) is 11.3 Å². The van der Waals surface area contributed by atoms with Gasteiger partial charge in [-0.1, -0.05) is 39.0 Å². The molecular formula is C17H18ClFO. The summed E-state index contributed by atoms with van der Waals surface area (Å²) in [6.45, 7) is 6.44. The van der Waals surface area contributed by atoms with Crippen LogP contribution in [0.15, 0.2) is 42.5 Å². The molecule has 0 bridgehead atoms. The molecule has 0 fully saturated rings. The molecular weight excluding hydrogens is 275 g/mol. The van der Waals surface area contributed by atoms with Gasteiger partial charge in [0.1, 0.15) is 5.75 Å². The van der Waals surface area contributed by atoms with Gasteiger partial charge in [0.15, 0.2) is 11.6 Å². The van der Waals surface area contributed by atoms with Crippen LogP contribution in [0.1, 0.15) is 31.9 Å². The van der Waals surface area contributed by atoms with Crippen LogP contribution in [0.4, 0.5) is 4.39 Å². The Hall–Kier alpha value is -1.54. The van der Waals surface area contributed by atoms with Gasteiger partial charge in [0.25, 0.3) is 0 Å². The second-order valence-corrected chi connectivity index (χ2v) is 6.04. The molecule has 20 heavy (non-hydrogen) atoms.